The number of carbonyl (C=O) groups excluding carboxylic acids is 2. The van der Waals surface area contributed by atoms with Crippen LogP contribution in [0.5, 0.6) is 11.5 Å². The number of halogens is 2. The van der Waals surface area contributed by atoms with Gasteiger partial charge in [0.15, 0.2) is 11.5 Å². The number of carbonyl (C=O) groups is 2. The molecule has 132 valence electrons. The average molecular weight is 350 g/mol. The minimum Gasteiger partial charge on any atom is -0.545 e. The first-order valence-electron chi connectivity index (χ1n) is 7.20. The van der Waals surface area contributed by atoms with E-state index in [-0.39, 0.29) is 29.4 Å². The molecule has 0 aromatic heterocycles. The lowest BCUT2D eigenvalue weighted by Gasteiger charge is -2.17. The number of aromatic carboxylic acids is 1. The Kier molecular flexibility index (Phi) is 5.53. The van der Waals surface area contributed by atoms with Gasteiger partial charge in [-0.25, -0.2) is 8.78 Å². The molecule has 8 heteroatoms. The quantitative estimate of drug-likeness (QED) is 0.861. The standard InChI is InChI=1S/C17H15F2NO5/c1-3-25-15-8-13(11(17(22)23)7-14(15)24-2)20-16(21)10-5-4-9(18)6-12(10)19/h4-8H,3H2,1-2H3,(H,20,21)(H,22,23)/p-1. The van der Waals surface area contributed by atoms with Crippen LogP contribution in [-0.2, 0) is 0 Å². The lowest BCUT2D eigenvalue weighted by molar-refractivity contribution is -0.254. The van der Waals surface area contributed by atoms with Gasteiger partial charge in [0.25, 0.3) is 5.91 Å². The lowest BCUT2D eigenvalue weighted by Crippen LogP contribution is -2.25. The van der Waals surface area contributed by atoms with E-state index in [9.17, 15) is 23.5 Å². The molecule has 6 nitrogen and oxygen atoms in total. The van der Waals surface area contributed by atoms with Gasteiger partial charge in [-0.2, -0.15) is 0 Å². The Hall–Kier alpha value is -3.16. The van der Waals surface area contributed by atoms with Crippen LogP contribution in [0, 0.1) is 11.6 Å². The molecule has 0 saturated heterocycles. The Morgan fingerprint density at radius 2 is 1.84 bits per heavy atom. The maximum atomic E-state index is 13.7. The number of hydrogen-bond donors (Lipinski definition) is 1. The monoisotopic (exact) mass is 350 g/mol. The van der Waals surface area contributed by atoms with Crippen molar-refractivity contribution in [1.82, 2.24) is 0 Å². The Morgan fingerprint density at radius 3 is 2.40 bits per heavy atom. The minimum atomic E-state index is -1.57. The van der Waals surface area contributed by atoms with Crippen molar-refractivity contribution in [3.8, 4) is 11.5 Å². The number of benzene rings is 2. The van der Waals surface area contributed by atoms with Crippen LogP contribution in [0.4, 0.5) is 14.5 Å². The van der Waals surface area contributed by atoms with Crippen molar-refractivity contribution in [2.75, 3.05) is 19.0 Å². The average Bonchev–Trinajstić information content (AvgIpc) is 2.54. The molecule has 0 aliphatic heterocycles. The van der Waals surface area contributed by atoms with Crippen LogP contribution in [0.25, 0.3) is 0 Å². The molecule has 0 spiro atoms. The van der Waals surface area contributed by atoms with Gasteiger partial charge in [0.2, 0.25) is 0 Å². The summed E-state index contributed by atoms with van der Waals surface area (Å²) < 4.78 is 37.0. The molecule has 2 rings (SSSR count). The smallest absolute Gasteiger partial charge is 0.258 e. The van der Waals surface area contributed by atoms with E-state index in [2.05, 4.69) is 5.32 Å². The van der Waals surface area contributed by atoms with Gasteiger partial charge in [0.1, 0.15) is 11.6 Å². The second kappa shape index (κ2) is 7.61. The predicted octanol–water partition coefficient (Wildman–Crippen LogP) is 1.99. The van der Waals surface area contributed by atoms with E-state index in [1.165, 1.54) is 13.2 Å². The molecular weight excluding hydrogens is 336 g/mol. The number of nitrogens with one attached hydrogen (secondary N) is 1. The van der Waals surface area contributed by atoms with Crippen LogP contribution in [0.15, 0.2) is 30.3 Å². The van der Waals surface area contributed by atoms with Gasteiger partial charge in [0.05, 0.1) is 30.9 Å². The SMILES string of the molecule is CCOc1cc(NC(=O)c2ccc(F)cc2F)c(C(=O)[O-])cc1OC. The van der Waals surface area contributed by atoms with E-state index < -0.39 is 29.1 Å². The highest BCUT2D eigenvalue weighted by Gasteiger charge is 2.17. The molecule has 0 saturated carbocycles. The fourth-order valence-electron chi connectivity index (χ4n) is 2.12. The van der Waals surface area contributed by atoms with Crippen LogP contribution in [-0.4, -0.2) is 25.6 Å². The number of methoxy groups -OCH3 is 1. The van der Waals surface area contributed by atoms with Crippen molar-refractivity contribution in [3.05, 3.63) is 53.1 Å². The number of carboxylic acids is 1. The molecule has 0 fully saturated rings. The van der Waals surface area contributed by atoms with E-state index in [1.54, 1.807) is 6.92 Å². The fraction of sp³-hybridized carbons (Fsp3) is 0.176. The molecule has 1 N–H and O–H groups in total. The number of ether oxygens (including phenoxy) is 2. The van der Waals surface area contributed by atoms with Gasteiger partial charge >= 0.3 is 0 Å². The van der Waals surface area contributed by atoms with Crippen molar-refractivity contribution in [2.24, 2.45) is 0 Å². The highest BCUT2D eigenvalue weighted by Crippen LogP contribution is 2.33. The Balaban J connectivity index is 2.44. The van der Waals surface area contributed by atoms with E-state index in [0.717, 1.165) is 18.2 Å². The molecule has 0 radical (unpaired) electrons. The summed E-state index contributed by atoms with van der Waals surface area (Å²) >= 11 is 0. The summed E-state index contributed by atoms with van der Waals surface area (Å²) in [6.45, 7) is 1.97. The second-order valence-electron chi connectivity index (χ2n) is 4.85. The summed E-state index contributed by atoms with van der Waals surface area (Å²) in [6, 6.07) is 4.76. The number of amides is 1. The number of rotatable bonds is 6. The maximum absolute atomic E-state index is 13.7. The summed E-state index contributed by atoms with van der Waals surface area (Å²) in [5.74, 6) is -4.13. The van der Waals surface area contributed by atoms with Gasteiger partial charge in [-0.3, -0.25) is 4.79 Å². The lowest BCUT2D eigenvalue weighted by atomic mass is 10.1. The van der Waals surface area contributed by atoms with Gasteiger partial charge in [-0.05, 0) is 25.1 Å². The molecule has 2 aromatic carbocycles. The third kappa shape index (κ3) is 4.03. The topological polar surface area (TPSA) is 87.7 Å². The second-order valence-corrected chi connectivity index (χ2v) is 4.85. The van der Waals surface area contributed by atoms with E-state index in [0.29, 0.717) is 6.07 Å². The van der Waals surface area contributed by atoms with Crippen LogP contribution >= 0.6 is 0 Å². The number of carboxylic acid groups (broad SMARTS) is 1. The molecule has 0 bridgehead atoms. The summed E-state index contributed by atoms with van der Waals surface area (Å²) in [7, 11) is 1.32. The first-order valence-corrected chi connectivity index (χ1v) is 7.20. The van der Waals surface area contributed by atoms with Crippen molar-refractivity contribution in [2.45, 2.75) is 6.92 Å². The molecule has 0 unspecified atom stereocenters. The Bertz CT molecular complexity index is 823. The highest BCUT2D eigenvalue weighted by molar-refractivity contribution is 6.08. The number of anilines is 1. The normalized spacial score (nSPS) is 10.2. The van der Waals surface area contributed by atoms with Gasteiger partial charge in [-0.1, -0.05) is 0 Å². The Morgan fingerprint density at radius 1 is 1.12 bits per heavy atom. The minimum absolute atomic E-state index is 0.131. The summed E-state index contributed by atoms with van der Waals surface area (Å²) in [4.78, 5) is 23.5. The largest absolute Gasteiger partial charge is 0.545 e. The predicted molar refractivity (Wildman–Crippen MR) is 82.8 cm³/mol. The van der Waals surface area contributed by atoms with Gasteiger partial charge in [0, 0.05) is 17.7 Å². The molecular formula is C17H14F2NO5-. The molecule has 0 aliphatic rings. The van der Waals surface area contributed by atoms with Crippen LogP contribution in [0.2, 0.25) is 0 Å². The summed E-state index contributed by atoms with van der Waals surface area (Å²) in [5.41, 5.74) is -0.992. The third-order valence-electron chi connectivity index (χ3n) is 3.25. The van der Waals surface area contributed by atoms with Crippen molar-refractivity contribution in [3.63, 3.8) is 0 Å². The van der Waals surface area contributed by atoms with Crippen molar-refractivity contribution >= 4 is 17.6 Å². The van der Waals surface area contributed by atoms with Crippen LogP contribution in [0.3, 0.4) is 0 Å². The summed E-state index contributed by atoms with van der Waals surface area (Å²) in [6.07, 6.45) is 0. The zero-order chi connectivity index (χ0) is 18.6. The first-order chi connectivity index (χ1) is 11.9. The highest BCUT2D eigenvalue weighted by atomic mass is 19.1. The maximum Gasteiger partial charge on any atom is 0.258 e. The molecule has 25 heavy (non-hydrogen) atoms. The molecule has 1 amide bonds. The molecule has 0 aliphatic carbocycles. The van der Waals surface area contributed by atoms with E-state index >= 15 is 0 Å². The van der Waals surface area contributed by atoms with Crippen LogP contribution < -0.4 is 19.9 Å². The van der Waals surface area contributed by atoms with Crippen molar-refractivity contribution < 1.29 is 33.0 Å². The van der Waals surface area contributed by atoms with Gasteiger partial charge < -0.3 is 24.7 Å². The molecule has 2 aromatic rings. The summed E-state index contributed by atoms with van der Waals surface area (Å²) in [5, 5.41) is 13.6. The third-order valence-corrected chi connectivity index (χ3v) is 3.25. The number of hydrogen-bond acceptors (Lipinski definition) is 5. The van der Waals surface area contributed by atoms with E-state index in [4.69, 9.17) is 9.47 Å². The van der Waals surface area contributed by atoms with Crippen molar-refractivity contribution in [1.29, 1.82) is 0 Å². The van der Waals surface area contributed by atoms with Gasteiger partial charge in [-0.15, -0.1) is 0 Å². The first kappa shape index (κ1) is 18.2. The molecule has 0 heterocycles. The molecule has 0 atom stereocenters. The fourth-order valence-corrected chi connectivity index (χ4v) is 2.12. The zero-order valence-electron chi connectivity index (χ0n) is 13.4. The van der Waals surface area contributed by atoms with Crippen LogP contribution in [0.1, 0.15) is 27.6 Å². The zero-order valence-corrected chi connectivity index (χ0v) is 13.4. The van der Waals surface area contributed by atoms with E-state index in [1.807, 2.05) is 0 Å². The Labute approximate surface area is 142 Å².